The highest BCUT2D eigenvalue weighted by Gasteiger charge is 2.36. The number of halogens is 3. The van der Waals surface area contributed by atoms with Crippen LogP contribution in [0.4, 0.5) is 18.0 Å². The van der Waals surface area contributed by atoms with Crippen molar-refractivity contribution in [1.82, 2.24) is 13.6 Å². The first-order valence-electron chi connectivity index (χ1n) is 11.7. The molecule has 0 radical (unpaired) electrons. The van der Waals surface area contributed by atoms with E-state index in [9.17, 15) is 26.4 Å². The number of likely N-dealkylation sites (tertiary alicyclic amines) is 1. The van der Waals surface area contributed by atoms with E-state index >= 15 is 0 Å². The fourth-order valence-corrected chi connectivity index (χ4v) is 6.59. The van der Waals surface area contributed by atoms with Crippen molar-refractivity contribution in [2.45, 2.75) is 61.2 Å². The molecule has 1 aliphatic rings. The molecule has 1 saturated heterocycles. The lowest BCUT2D eigenvalue weighted by Crippen LogP contribution is -2.46. The van der Waals surface area contributed by atoms with E-state index < -0.39 is 45.4 Å². The van der Waals surface area contributed by atoms with Gasteiger partial charge in [-0.2, -0.15) is 13.2 Å². The summed E-state index contributed by atoms with van der Waals surface area (Å²) in [5, 5.41) is -0.253. The first-order valence-corrected chi connectivity index (χ1v) is 14.0. The number of alkyl halides is 3. The van der Waals surface area contributed by atoms with Gasteiger partial charge in [0.15, 0.2) is 11.0 Å². The second-order valence-electron chi connectivity index (χ2n) is 9.71. The number of carbonyl (C=O) groups is 1. The summed E-state index contributed by atoms with van der Waals surface area (Å²) in [7, 11) is -3.88. The van der Waals surface area contributed by atoms with E-state index in [1.165, 1.54) is 22.3 Å². The van der Waals surface area contributed by atoms with Gasteiger partial charge in [-0.15, -0.1) is 0 Å². The number of rotatable bonds is 5. The van der Waals surface area contributed by atoms with Gasteiger partial charge in [-0.3, -0.25) is 3.97 Å². The zero-order chi connectivity index (χ0) is 27.0. The van der Waals surface area contributed by atoms with Crippen LogP contribution < -0.4 is 4.72 Å². The third-order valence-corrected chi connectivity index (χ3v) is 8.40. The molecule has 0 bridgehead atoms. The Morgan fingerprint density at radius 1 is 1.00 bits per heavy atom. The van der Waals surface area contributed by atoms with Gasteiger partial charge in [0.25, 0.3) is 0 Å². The molecule has 37 heavy (non-hydrogen) atoms. The minimum absolute atomic E-state index is 0.0712. The van der Waals surface area contributed by atoms with E-state index in [1.807, 2.05) is 0 Å². The number of carbonyl (C=O) groups excluding carboxylic acids is 1. The van der Waals surface area contributed by atoms with Gasteiger partial charge in [-0.05, 0) is 57.9 Å². The first kappa shape index (κ1) is 27.3. The van der Waals surface area contributed by atoms with Crippen LogP contribution in [0, 0.1) is 0 Å². The van der Waals surface area contributed by atoms with Gasteiger partial charge < -0.3 is 9.64 Å². The summed E-state index contributed by atoms with van der Waals surface area (Å²) in [4.78, 5) is 14.2. The van der Waals surface area contributed by atoms with E-state index in [4.69, 9.17) is 4.74 Å². The summed E-state index contributed by atoms with van der Waals surface area (Å²) >= 11 is 0. The van der Waals surface area contributed by atoms with Gasteiger partial charge >= 0.3 is 12.3 Å². The average Bonchev–Trinajstić information content (AvgIpc) is 3.23. The molecule has 1 fully saturated rings. The van der Waals surface area contributed by atoms with Crippen molar-refractivity contribution >= 4 is 39.0 Å². The Balaban J connectivity index is 1.61. The van der Waals surface area contributed by atoms with Crippen molar-refractivity contribution in [3.8, 4) is 0 Å². The number of ether oxygens (including phenoxy) is 1. The predicted octanol–water partition coefficient (Wildman–Crippen LogP) is 5.24. The minimum atomic E-state index is -4.70. The summed E-state index contributed by atoms with van der Waals surface area (Å²) in [6, 6.07) is 11.7. The van der Waals surface area contributed by atoms with Gasteiger partial charge in [-0.25, -0.2) is 17.9 Å². The molecule has 2 heterocycles. The maximum atomic E-state index is 13.9. The van der Waals surface area contributed by atoms with Crippen molar-refractivity contribution in [3.05, 3.63) is 60.3 Å². The van der Waals surface area contributed by atoms with Crippen molar-refractivity contribution in [2.24, 2.45) is 0 Å². The zero-order valence-corrected chi connectivity index (χ0v) is 22.2. The molecule has 7 nitrogen and oxygen atoms in total. The summed E-state index contributed by atoms with van der Waals surface area (Å²) < 4.78 is 78.0. The Bertz CT molecular complexity index is 1330. The van der Waals surface area contributed by atoms with E-state index in [2.05, 4.69) is 4.72 Å². The van der Waals surface area contributed by atoms with E-state index in [0.29, 0.717) is 30.8 Å². The molecular formula is C25H28F3N3O4S2. The van der Waals surface area contributed by atoms with Crippen LogP contribution in [-0.4, -0.2) is 48.1 Å². The van der Waals surface area contributed by atoms with Gasteiger partial charge in [-0.1, -0.05) is 24.3 Å². The molecule has 2 unspecified atom stereocenters. The van der Waals surface area contributed by atoms with E-state index in [0.717, 1.165) is 6.07 Å². The van der Waals surface area contributed by atoms with Crippen LogP contribution in [0.2, 0.25) is 0 Å². The number of nitrogens with one attached hydrogen (secondary N) is 1. The largest absolute Gasteiger partial charge is 0.444 e. The monoisotopic (exact) mass is 555 g/mol. The Morgan fingerprint density at radius 2 is 1.65 bits per heavy atom. The molecule has 1 aliphatic heterocycles. The second-order valence-corrected chi connectivity index (χ2v) is 12.3. The number of hydrogen-bond acceptors (Lipinski definition) is 4. The lowest BCUT2D eigenvalue weighted by Gasteiger charge is -2.33. The van der Waals surface area contributed by atoms with Gasteiger partial charge in [0.1, 0.15) is 16.6 Å². The molecule has 12 heteroatoms. The van der Waals surface area contributed by atoms with Crippen molar-refractivity contribution in [3.63, 3.8) is 0 Å². The molecule has 4 rings (SSSR count). The maximum absolute atomic E-state index is 13.9. The zero-order valence-electron chi connectivity index (χ0n) is 20.6. The van der Waals surface area contributed by atoms with Gasteiger partial charge in [0.05, 0.1) is 20.9 Å². The Kier molecular flexibility index (Phi) is 7.82. The topological polar surface area (TPSA) is 80.6 Å². The van der Waals surface area contributed by atoms with Crippen LogP contribution >= 0.6 is 0 Å². The van der Waals surface area contributed by atoms with Crippen LogP contribution in [0.15, 0.2) is 64.5 Å². The molecule has 2 atom stereocenters. The standard InChI is InChI=1S/C25H28F3N3O4S2/c1-24(2,3)35-23(32)30-14-12-17(13-15-30)29-36(33)21-16-31(37(34)18-8-5-4-6-9-18)20-11-7-10-19(22(20)21)25(26,27)28/h4-11,16-17,29H,12-15H2,1-3H3. The number of aromatic nitrogens is 1. The first-order chi connectivity index (χ1) is 17.3. The van der Waals surface area contributed by atoms with Crippen LogP contribution in [-0.2, 0) is 32.9 Å². The third kappa shape index (κ3) is 6.24. The van der Waals surface area contributed by atoms with Gasteiger partial charge in [0, 0.05) is 30.7 Å². The predicted molar refractivity (Wildman–Crippen MR) is 136 cm³/mol. The van der Waals surface area contributed by atoms with Crippen LogP contribution in [0.5, 0.6) is 0 Å². The Hall–Kier alpha value is -2.70. The van der Waals surface area contributed by atoms with E-state index in [-0.39, 0.29) is 21.8 Å². The molecule has 200 valence electrons. The summed E-state index contributed by atoms with van der Waals surface area (Å²) in [6.07, 6.45) is -2.97. The molecule has 0 aliphatic carbocycles. The molecule has 1 aromatic heterocycles. The fraction of sp³-hybridized carbons (Fsp3) is 0.400. The van der Waals surface area contributed by atoms with Crippen LogP contribution in [0.1, 0.15) is 39.2 Å². The van der Waals surface area contributed by atoms with E-state index in [1.54, 1.807) is 56.0 Å². The lowest BCUT2D eigenvalue weighted by atomic mass is 10.1. The molecule has 0 saturated carbocycles. The van der Waals surface area contributed by atoms with Crippen LogP contribution in [0.25, 0.3) is 10.9 Å². The highest BCUT2D eigenvalue weighted by Crippen LogP contribution is 2.39. The number of benzene rings is 2. The summed E-state index contributed by atoms with van der Waals surface area (Å²) in [5.74, 6) is 0. The molecule has 2 aromatic carbocycles. The normalized spacial score (nSPS) is 17.1. The summed E-state index contributed by atoms with van der Waals surface area (Å²) in [5.41, 5.74) is -1.50. The molecule has 0 spiro atoms. The quantitative estimate of drug-likeness (QED) is 0.467. The van der Waals surface area contributed by atoms with Crippen molar-refractivity contribution < 1.29 is 31.1 Å². The third-order valence-electron chi connectivity index (χ3n) is 5.81. The smallest absolute Gasteiger partial charge is 0.417 e. The minimum Gasteiger partial charge on any atom is -0.444 e. The number of piperidine rings is 1. The SMILES string of the molecule is CC(C)(C)OC(=O)N1CCC(NS(=O)c2cn(S(=O)c3ccccc3)c3cccc(C(F)(F)F)c23)CC1. The second kappa shape index (κ2) is 10.6. The fourth-order valence-electron chi connectivity index (χ4n) is 4.11. The Morgan fingerprint density at radius 3 is 2.24 bits per heavy atom. The summed E-state index contributed by atoms with van der Waals surface area (Å²) in [6.45, 7) is 6.05. The molecular weight excluding hydrogens is 527 g/mol. The number of amides is 1. The van der Waals surface area contributed by atoms with Gasteiger partial charge in [0.2, 0.25) is 0 Å². The highest BCUT2D eigenvalue weighted by molar-refractivity contribution is 7.84. The molecule has 3 aromatic rings. The highest BCUT2D eigenvalue weighted by atomic mass is 32.2. The van der Waals surface area contributed by atoms with Crippen LogP contribution in [0.3, 0.4) is 0 Å². The number of fused-ring (bicyclic) bond motifs is 1. The lowest BCUT2D eigenvalue weighted by molar-refractivity contribution is -0.136. The number of nitrogens with zero attached hydrogens (tertiary/aromatic N) is 2. The van der Waals surface area contributed by atoms with Crippen molar-refractivity contribution in [2.75, 3.05) is 13.1 Å². The Labute approximate surface area is 218 Å². The maximum Gasteiger partial charge on any atom is 0.417 e. The average molecular weight is 556 g/mol. The molecule has 1 amide bonds. The molecule has 1 N–H and O–H groups in total. The number of hydrogen-bond donors (Lipinski definition) is 1. The van der Waals surface area contributed by atoms with Crippen molar-refractivity contribution in [1.29, 1.82) is 0 Å².